The lowest BCUT2D eigenvalue weighted by Gasteiger charge is -2.20. The topological polar surface area (TPSA) is 124 Å². The second kappa shape index (κ2) is 6.44. The average Bonchev–Trinajstić information content (AvgIpc) is 2.16. The van der Waals surface area contributed by atoms with Gasteiger partial charge < -0.3 is 30.0 Å². The largest absolute Gasteiger partial charge is 0.480 e. The van der Waals surface area contributed by atoms with Gasteiger partial charge in [0.2, 0.25) is 0 Å². The molecule has 3 atom stereocenters. The minimum Gasteiger partial charge on any atom is -0.480 e. The summed E-state index contributed by atoms with van der Waals surface area (Å²) in [6.07, 6.45) is -4.49. The molecule has 0 spiro atoms. The molecule has 0 rings (SSSR count). The van der Waals surface area contributed by atoms with E-state index in [-0.39, 0.29) is 6.29 Å². The summed E-state index contributed by atoms with van der Waals surface area (Å²) in [6.45, 7) is -1.51. The quantitative estimate of drug-likeness (QED) is 0.337. The standard InChI is InChI=1S/C7H12O7/c8-1-4(10)7(13)5(2-9)14-3-6(11)12/h2,4-5,7-8,10,13H,1,3H2,(H,11,12)/t4-,5-,7-/m1/s1. The summed E-state index contributed by atoms with van der Waals surface area (Å²) in [6, 6.07) is 0. The molecule has 0 unspecified atom stereocenters. The Balaban J connectivity index is 4.11. The third kappa shape index (κ3) is 4.28. The molecule has 0 saturated heterocycles. The van der Waals surface area contributed by atoms with Crippen LogP contribution in [0.25, 0.3) is 0 Å². The number of aliphatic hydroxyl groups is 3. The number of rotatable bonds is 7. The van der Waals surface area contributed by atoms with Gasteiger partial charge in [-0.1, -0.05) is 0 Å². The average molecular weight is 208 g/mol. The minimum atomic E-state index is -1.64. The Labute approximate surface area is 79.5 Å². The van der Waals surface area contributed by atoms with Crippen LogP contribution >= 0.6 is 0 Å². The molecule has 7 nitrogen and oxygen atoms in total. The highest BCUT2D eigenvalue weighted by atomic mass is 16.5. The lowest BCUT2D eigenvalue weighted by atomic mass is 10.1. The van der Waals surface area contributed by atoms with Crippen LogP contribution in [0.1, 0.15) is 0 Å². The third-order valence-corrected chi connectivity index (χ3v) is 1.45. The van der Waals surface area contributed by atoms with Crippen LogP contribution in [-0.4, -0.2) is 64.2 Å². The number of carboxylic acid groups (broad SMARTS) is 1. The van der Waals surface area contributed by atoms with E-state index < -0.39 is 37.5 Å². The van der Waals surface area contributed by atoms with Crippen molar-refractivity contribution in [1.29, 1.82) is 0 Å². The second-order valence-electron chi connectivity index (χ2n) is 2.55. The molecular formula is C7H12O7. The zero-order valence-electron chi connectivity index (χ0n) is 7.24. The first-order valence-corrected chi connectivity index (χ1v) is 3.78. The van der Waals surface area contributed by atoms with Gasteiger partial charge in [-0.25, -0.2) is 4.79 Å². The fourth-order valence-electron chi connectivity index (χ4n) is 0.713. The summed E-state index contributed by atoms with van der Waals surface area (Å²) in [4.78, 5) is 20.4. The molecule has 0 fully saturated rings. The van der Waals surface area contributed by atoms with Gasteiger partial charge in [0, 0.05) is 0 Å². The summed E-state index contributed by atoms with van der Waals surface area (Å²) < 4.78 is 4.45. The Hall–Kier alpha value is -1.02. The number of aliphatic carboxylic acids is 1. The zero-order chi connectivity index (χ0) is 11.1. The van der Waals surface area contributed by atoms with Crippen LogP contribution in [0.2, 0.25) is 0 Å². The first kappa shape index (κ1) is 13.0. The van der Waals surface area contributed by atoms with Crippen LogP contribution in [0.15, 0.2) is 0 Å². The van der Waals surface area contributed by atoms with E-state index >= 15 is 0 Å². The van der Waals surface area contributed by atoms with Crippen molar-refractivity contribution in [1.82, 2.24) is 0 Å². The number of carbonyl (C=O) groups is 2. The first-order valence-electron chi connectivity index (χ1n) is 3.78. The van der Waals surface area contributed by atoms with Crippen molar-refractivity contribution in [2.24, 2.45) is 0 Å². The van der Waals surface area contributed by atoms with Crippen LogP contribution in [0.3, 0.4) is 0 Å². The lowest BCUT2D eigenvalue weighted by molar-refractivity contribution is -0.153. The highest BCUT2D eigenvalue weighted by Crippen LogP contribution is 2.02. The van der Waals surface area contributed by atoms with Crippen molar-refractivity contribution in [3.05, 3.63) is 0 Å². The number of hydrogen-bond acceptors (Lipinski definition) is 6. The van der Waals surface area contributed by atoms with Gasteiger partial charge >= 0.3 is 5.97 Å². The van der Waals surface area contributed by atoms with E-state index in [9.17, 15) is 9.59 Å². The van der Waals surface area contributed by atoms with Gasteiger partial charge in [-0.05, 0) is 0 Å². The van der Waals surface area contributed by atoms with Crippen LogP contribution in [0, 0.1) is 0 Å². The molecule has 0 aromatic carbocycles. The Morgan fingerprint density at radius 3 is 2.36 bits per heavy atom. The SMILES string of the molecule is O=C[C@@H](OCC(=O)O)[C@H](O)[C@H](O)CO. The highest BCUT2D eigenvalue weighted by molar-refractivity contribution is 5.68. The normalized spacial score (nSPS) is 17.1. The second-order valence-corrected chi connectivity index (χ2v) is 2.55. The maximum Gasteiger partial charge on any atom is 0.329 e. The molecule has 0 saturated carbocycles. The Morgan fingerprint density at radius 2 is 2.00 bits per heavy atom. The molecule has 0 aliphatic rings. The van der Waals surface area contributed by atoms with Crippen LogP contribution in [-0.2, 0) is 14.3 Å². The number of hydrogen-bond donors (Lipinski definition) is 4. The van der Waals surface area contributed by atoms with Gasteiger partial charge in [0.25, 0.3) is 0 Å². The van der Waals surface area contributed by atoms with E-state index in [1.807, 2.05) is 0 Å². The van der Waals surface area contributed by atoms with Gasteiger partial charge in [0.1, 0.15) is 24.9 Å². The number of carbonyl (C=O) groups excluding carboxylic acids is 1. The zero-order valence-corrected chi connectivity index (χ0v) is 7.24. The maximum absolute atomic E-state index is 10.3. The van der Waals surface area contributed by atoms with E-state index in [0.29, 0.717) is 0 Å². The van der Waals surface area contributed by atoms with Gasteiger partial charge in [0.15, 0.2) is 6.29 Å². The van der Waals surface area contributed by atoms with Crippen LogP contribution < -0.4 is 0 Å². The molecule has 82 valence electrons. The number of carboxylic acids is 1. The Morgan fingerprint density at radius 1 is 1.43 bits per heavy atom. The third-order valence-electron chi connectivity index (χ3n) is 1.45. The molecule has 0 heterocycles. The predicted octanol–water partition coefficient (Wildman–Crippen LogP) is -2.63. The van der Waals surface area contributed by atoms with Gasteiger partial charge in [-0.2, -0.15) is 0 Å². The van der Waals surface area contributed by atoms with Crippen molar-refractivity contribution in [2.45, 2.75) is 18.3 Å². The van der Waals surface area contributed by atoms with Crippen molar-refractivity contribution in [3.63, 3.8) is 0 Å². The molecule has 0 bridgehead atoms. The Bertz CT molecular complexity index is 192. The minimum absolute atomic E-state index is 0.159. The summed E-state index contributed by atoms with van der Waals surface area (Å²) >= 11 is 0. The highest BCUT2D eigenvalue weighted by Gasteiger charge is 2.26. The summed E-state index contributed by atoms with van der Waals surface area (Å²) in [5.41, 5.74) is 0. The van der Waals surface area contributed by atoms with Crippen LogP contribution in [0.4, 0.5) is 0 Å². The molecule has 0 aromatic heterocycles. The summed E-state index contributed by atoms with van der Waals surface area (Å²) in [5.74, 6) is -1.30. The number of aliphatic hydroxyl groups excluding tert-OH is 3. The van der Waals surface area contributed by atoms with Crippen LogP contribution in [0.5, 0.6) is 0 Å². The summed E-state index contributed by atoms with van der Waals surface area (Å²) in [5, 5.41) is 34.7. The predicted molar refractivity (Wildman–Crippen MR) is 42.5 cm³/mol. The van der Waals surface area contributed by atoms with E-state index in [1.165, 1.54) is 0 Å². The molecular weight excluding hydrogens is 196 g/mol. The monoisotopic (exact) mass is 208 g/mol. The van der Waals surface area contributed by atoms with Crippen molar-refractivity contribution in [3.8, 4) is 0 Å². The number of aldehydes is 1. The van der Waals surface area contributed by atoms with Crippen molar-refractivity contribution < 1.29 is 34.8 Å². The van der Waals surface area contributed by atoms with Gasteiger partial charge in [-0.3, -0.25) is 0 Å². The fourth-order valence-corrected chi connectivity index (χ4v) is 0.713. The summed E-state index contributed by atoms with van der Waals surface area (Å²) in [7, 11) is 0. The van der Waals surface area contributed by atoms with Gasteiger partial charge in [-0.15, -0.1) is 0 Å². The molecule has 0 amide bonds. The smallest absolute Gasteiger partial charge is 0.329 e. The Kier molecular flexibility index (Phi) is 5.97. The van der Waals surface area contributed by atoms with Crippen molar-refractivity contribution >= 4 is 12.3 Å². The molecule has 7 heteroatoms. The molecule has 14 heavy (non-hydrogen) atoms. The van der Waals surface area contributed by atoms with Crippen molar-refractivity contribution in [2.75, 3.05) is 13.2 Å². The molecule has 4 N–H and O–H groups in total. The molecule has 0 aliphatic carbocycles. The van der Waals surface area contributed by atoms with E-state index in [2.05, 4.69) is 4.74 Å². The molecule has 0 aliphatic heterocycles. The number of ether oxygens (including phenoxy) is 1. The molecule has 0 radical (unpaired) electrons. The first-order chi connectivity index (χ1) is 6.52. The van der Waals surface area contributed by atoms with E-state index in [0.717, 1.165) is 0 Å². The fraction of sp³-hybridized carbons (Fsp3) is 0.714. The van der Waals surface area contributed by atoms with Gasteiger partial charge in [0.05, 0.1) is 6.61 Å². The lowest BCUT2D eigenvalue weighted by Crippen LogP contribution is -2.42. The van der Waals surface area contributed by atoms with E-state index in [1.54, 1.807) is 0 Å². The van der Waals surface area contributed by atoms with E-state index in [4.69, 9.17) is 20.4 Å². The maximum atomic E-state index is 10.3. The molecule has 0 aromatic rings.